The van der Waals surface area contributed by atoms with Gasteiger partial charge in [0.2, 0.25) is 10.0 Å². The summed E-state index contributed by atoms with van der Waals surface area (Å²) in [6.45, 7) is 2.07. The number of aryl methyl sites for hydroxylation is 1. The second-order valence-corrected chi connectivity index (χ2v) is 6.73. The zero-order chi connectivity index (χ0) is 16.6. The maximum atomic E-state index is 11.7. The number of nitrogens with zero attached hydrogens (tertiary/aromatic N) is 1. The standard InChI is InChI=1S/C16H17N3O3S/c1-3-10-8-18-16-13(10)6-12(9-19-16)11-4-5-14(22-2)15(7-11)23(17,20)21/h4-9H,3H2,1-2H3,(H,18,19)(H2,17,20,21). The largest absolute Gasteiger partial charge is 0.495 e. The van der Waals surface area contributed by atoms with Gasteiger partial charge in [0.25, 0.3) is 0 Å². The molecule has 0 amide bonds. The van der Waals surface area contributed by atoms with E-state index < -0.39 is 10.0 Å². The Labute approximate surface area is 134 Å². The molecule has 0 aliphatic rings. The molecule has 7 heteroatoms. The third-order valence-corrected chi connectivity index (χ3v) is 4.73. The van der Waals surface area contributed by atoms with Crippen molar-refractivity contribution in [2.24, 2.45) is 5.14 Å². The fraction of sp³-hybridized carbons (Fsp3) is 0.188. The van der Waals surface area contributed by atoms with Gasteiger partial charge in [-0.25, -0.2) is 18.5 Å². The molecule has 3 aromatic rings. The van der Waals surface area contributed by atoms with Crippen LogP contribution in [0, 0.1) is 0 Å². The molecule has 0 fully saturated rings. The highest BCUT2D eigenvalue weighted by atomic mass is 32.2. The van der Waals surface area contributed by atoms with Gasteiger partial charge in [-0.05, 0) is 35.7 Å². The van der Waals surface area contributed by atoms with Gasteiger partial charge < -0.3 is 9.72 Å². The third kappa shape index (κ3) is 2.80. The number of ether oxygens (including phenoxy) is 1. The fourth-order valence-electron chi connectivity index (χ4n) is 2.59. The van der Waals surface area contributed by atoms with E-state index in [1.165, 1.54) is 13.2 Å². The van der Waals surface area contributed by atoms with Gasteiger partial charge in [0.15, 0.2) is 0 Å². The minimum atomic E-state index is -3.87. The van der Waals surface area contributed by atoms with Gasteiger partial charge in [0, 0.05) is 23.3 Å². The first kappa shape index (κ1) is 15.5. The first-order valence-corrected chi connectivity index (χ1v) is 8.66. The van der Waals surface area contributed by atoms with Crippen LogP contribution in [0.4, 0.5) is 0 Å². The number of sulfonamides is 1. The van der Waals surface area contributed by atoms with E-state index in [0.29, 0.717) is 5.56 Å². The molecule has 1 aromatic carbocycles. The summed E-state index contributed by atoms with van der Waals surface area (Å²) < 4.78 is 28.6. The first-order valence-electron chi connectivity index (χ1n) is 7.11. The number of primary sulfonamides is 1. The van der Waals surface area contributed by atoms with Crippen molar-refractivity contribution in [1.29, 1.82) is 0 Å². The Kier molecular flexibility index (Phi) is 3.83. The van der Waals surface area contributed by atoms with Crippen molar-refractivity contribution in [3.8, 4) is 16.9 Å². The fourth-order valence-corrected chi connectivity index (χ4v) is 3.31. The van der Waals surface area contributed by atoms with Crippen LogP contribution in [0.3, 0.4) is 0 Å². The van der Waals surface area contributed by atoms with Gasteiger partial charge in [-0.3, -0.25) is 0 Å². The van der Waals surface area contributed by atoms with Crippen molar-refractivity contribution in [3.05, 3.63) is 42.2 Å². The number of nitrogens with one attached hydrogen (secondary N) is 1. The minimum Gasteiger partial charge on any atom is -0.495 e. The monoisotopic (exact) mass is 331 g/mol. The molecule has 2 aromatic heterocycles. The van der Waals surface area contributed by atoms with Crippen molar-refractivity contribution in [1.82, 2.24) is 9.97 Å². The normalized spacial score (nSPS) is 11.8. The number of rotatable bonds is 4. The summed E-state index contributed by atoms with van der Waals surface area (Å²) in [6, 6.07) is 6.88. The van der Waals surface area contributed by atoms with Crippen molar-refractivity contribution in [3.63, 3.8) is 0 Å². The van der Waals surface area contributed by atoms with Gasteiger partial charge in [0.1, 0.15) is 16.3 Å². The molecular weight excluding hydrogens is 314 g/mol. The van der Waals surface area contributed by atoms with E-state index in [1.807, 2.05) is 12.3 Å². The maximum Gasteiger partial charge on any atom is 0.241 e. The number of hydrogen-bond donors (Lipinski definition) is 2. The number of hydrogen-bond acceptors (Lipinski definition) is 4. The molecule has 3 N–H and O–H groups in total. The van der Waals surface area contributed by atoms with E-state index in [1.54, 1.807) is 18.3 Å². The van der Waals surface area contributed by atoms with Crippen LogP contribution in [-0.2, 0) is 16.4 Å². The van der Waals surface area contributed by atoms with Gasteiger partial charge in [0.05, 0.1) is 7.11 Å². The number of benzene rings is 1. The highest BCUT2D eigenvalue weighted by molar-refractivity contribution is 7.89. The first-order chi connectivity index (χ1) is 10.9. The van der Waals surface area contributed by atoms with Crippen LogP contribution in [0.15, 0.2) is 41.6 Å². The second-order valence-electron chi connectivity index (χ2n) is 5.20. The number of pyridine rings is 1. The van der Waals surface area contributed by atoms with Crippen LogP contribution in [0.2, 0.25) is 0 Å². The third-order valence-electron chi connectivity index (χ3n) is 3.80. The molecule has 0 aliphatic heterocycles. The molecule has 0 unspecified atom stereocenters. The molecule has 23 heavy (non-hydrogen) atoms. The lowest BCUT2D eigenvalue weighted by Gasteiger charge is -2.09. The molecule has 0 saturated carbocycles. The summed E-state index contributed by atoms with van der Waals surface area (Å²) in [5, 5.41) is 6.30. The molecule has 0 bridgehead atoms. The molecule has 0 atom stereocenters. The Bertz CT molecular complexity index is 977. The van der Waals surface area contributed by atoms with Gasteiger partial charge in [-0.15, -0.1) is 0 Å². The smallest absolute Gasteiger partial charge is 0.241 e. The van der Waals surface area contributed by atoms with E-state index in [2.05, 4.69) is 16.9 Å². The van der Waals surface area contributed by atoms with Crippen LogP contribution in [0.1, 0.15) is 12.5 Å². The highest BCUT2D eigenvalue weighted by Crippen LogP contribution is 2.30. The lowest BCUT2D eigenvalue weighted by Crippen LogP contribution is -2.13. The van der Waals surface area contributed by atoms with E-state index >= 15 is 0 Å². The summed E-state index contributed by atoms with van der Waals surface area (Å²) in [7, 11) is -2.46. The minimum absolute atomic E-state index is 0.0395. The van der Waals surface area contributed by atoms with Crippen LogP contribution < -0.4 is 9.88 Å². The Morgan fingerprint density at radius 3 is 2.70 bits per heavy atom. The molecular formula is C16H17N3O3S. The molecule has 0 spiro atoms. The number of nitrogens with two attached hydrogens (primary N) is 1. The number of aromatic nitrogens is 2. The van der Waals surface area contributed by atoms with Gasteiger partial charge >= 0.3 is 0 Å². The van der Waals surface area contributed by atoms with E-state index in [0.717, 1.165) is 28.6 Å². The number of H-pyrrole nitrogens is 1. The average molecular weight is 331 g/mol. The summed E-state index contributed by atoms with van der Waals surface area (Å²) in [4.78, 5) is 7.48. The summed E-state index contributed by atoms with van der Waals surface area (Å²) in [5.41, 5.74) is 3.51. The summed E-state index contributed by atoms with van der Waals surface area (Å²) in [6.07, 6.45) is 4.52. The van der Waals surface area contributed by atoms with Crippen LogP contribution in [-0.4, -0.2) is 25.5 Å². The number of fused-ring (bicyclic) bond motifs is 1. The van der Waals surface area contributed by atoms with Gasteiger partial charge in [-0.2, -0.15) is 0 Å². The van der Waals surface area contributed by atoms with E-state index in [-0.39, 0.29) is 10.6 Å². The molecule has 0 radical (unpaired) electrons. The zero-order valence-corrected chi connectivity index (χ0v) is 13.6. The zero-order valence-electron chi connectivity index (χ0n) is 12.8. The SMILES string of the molecule is CCc1c[nH]c2ncc(-c3ccc(OC)c(S(N)(=O)=O)c3)cc12. The Morgan fingerprint density at radius 2 is 2.04 bits per heavy atom. The van der Waals surface area contributed by atoms with E-state index in [4.69, 9.17) is 9.88 Å². The number of methoxy groups -OCH3 is 1. The summed E-state index contributed by atoms with van der Waals surface area (Å²) >= 11 is 0. The molecule has 2 heterocycles. The predicted molar refractivity (Wildman–Crippen MR) is 88.8 cm³/mol. The molecule has 120 valence electrons. The molecule has 6 nitrogen and oxygen atoms in total. The Hall–Kier alpha value is -2.38. The predicted octanol–water partition coefficient (Wildman–Crippen LogP) is 2.45. The van der Waals surface area contributed by atoms with Crippen LogP contribution in [0.5, 0.6) is 5.75 Å². The Morgan fingerprint density at radius 1 is 1.26 bits per heavy atom. The molecule has 0 saturated heterocycles. The average Bonchev–Trinajstić information content (AvgIpc) is 2.95. The van der Waals surface area contributed by atoms with Crippen LogP contribution in [0.25, 0.3) is 22.2 Å². The van der Waals surface area contributed by atoms with Crippen LogP contribution >= 0.6 is 0 Å². The van der Waals surface area contributed by atoms with Crippen molar-refractivity contribution >= 4 is 21.1 Å². The van der Waals surface area contributed by atoms with Crippen molar-refractivity contribution < 1.29 is 13.2 Å². The van der Waals surface area contributed by atoms with Crippen molar-refractivity contribution in [2.75, 3.05) is 7.11 Å². The van der Waals surface area contributed by atoms with E-state index in [9.17, 15) is 8.42 Å². The maximum absolute atomic E-state index is 11.7. The second kappa shape index (κ2) is 5.68. The topological polar surface area (TPSA) is 98.1 Å². The molecule has 0 aliphatic carbocycles. The van der Waals surface area contributed by atoms with Crippen molar-refractivity contribution in [2.45, 2.75) is 18.2 Å². The Balaban J connectivity index is 2.18. The quantitative estimate of drug-likeness (QED) is 0.767. The lowest BCUT2D eigenvalue weighted by atomic mass is 10.0. The van der Waals surface area contributed by atoms with Gasteiger partial charge in [-0.1, -0.05) is 13.0 Å². The highest BCUT2D eigenvalue weighted by Gasteiger charge is 2.16. The summed E-state index contributed by atoms with van der Waals surface area (Å²) in [5.74, 6) is 0.223. The molecule has 3 rings (SSSR count). The number of aromatic amines is 1. The lowest BCUT2D eigenvalue weighted by molar-refractivity contribution is 0.403.